The molecule has 1 heterocycles. The van der Waals surface area contributed by atoms with Gasteiger partial charge in [0.1, 0.15) is 5.76 Å². The first-order valence-corrected chi connectivity index (χ1v) is 7.27. The fraction of sp³-hybridized carbons (Fsp3) is 0.267. The molecule has 0 spiro atoms. The zero-order valence-corrected chi connectivity index (χ0v) is 12.8. The molecule has 3 nitrogen and oxygen atoms in total. The summed E-state index contributed by atoms with van der Waals surface area (Å²) in [5.41, 5.74) is 0.921. The smallest absolute Gasteiger partial charge is 0.170 e. The van der Waals surface area contributed by atoms with Crippen molar-refractivity contribution in [2.45, 2.75) is 25.8 Å². The number of hydrogen-bond donors (Lipinski definition) is 2. The molecular weight excluding hydrogens is 292 g/mol. The van der Waals surface area contributed by atoms with E-state index in [4.69, 9.17) is 28.2 Å². The van der Waals surface area contributed by atoms with Gasteiger partial charge in [-0.2, -0.15) is 0 Å². The fourth-order valence-electron chi connectivity index (χ4n) is 1.81. The minimum Gasteiger partial charge on any atom is -0.469 e. The normalized spacial score (nSPS) is 11.9. The molecule has 0 fully saturated rings. The van der Waals surface area contributed by atoms with E-state index in [0.29, 0.717) is 10.1 Å². The van der Waals surface area contributed by atoms with Gasteiger partial charge in [-0.1, -0.05) is 11.6 Å². The third-order valence-electron chi connectivity index (χ3n) is 2.88. The van der Waals surface area contributed by atoms with Crippen LogP contribution in [0.1, 0.15) is 19.1 Å². The predicted octanol–water partition coefficient (Wildman–Crippen LogP) is 4.24. The number of aryl methyl sites for hydroxylation is 1. The lowest BCUT2D eigenvalue weighted by molar-refractivity contribution is 0.483. The molecule has 0 saturated carbocycles. The minimum atomic E-state index is 0.271. The van der Waals surface area contributed by atoms with E-state index in [9.17, 15) is 0 Å². The van der Waals surface area contributed by atoms with Gasteiger partial charge in [-0.05, 0) is 62.0 Å². The Hall–Kier alpha value is -1.52. The van der Waals surface area contributed by atoms with Crippen LogP contribution in [0, 0.1) is 0 Å². The Labute approximate surface area is 129 Å². The third-order valence-corrected chi connectivity index (χ3v) is 3.36. The first-order chi connectivity index (χ1) is 9.63. The van der Waals surface area contributed by atoms with Gasteiger partial charge >= 0.3 is 0 Å². The summed E-state index contributed by atoms with van der Waals surface area (Å²) in [6.45, 7) is 2.10. The fourth-order valence-corrected chi connectivity index (χ4v) is 2.25. The molecule has 0 saturated heterocycles. The van der Waals surface area contributed by atoms with Gasteiger partial charge in [0.2, 0.25) is 0 Å². The van der Waals surface area contributed by atoms with Crippen molar-refractivity contribution in [1.29, 1.82) is 0 Å². The lowest BCUT2D eigenvalue weighted by Crippen LogP contribution is -2.36. The Morgan fingerprint density at radius 3 is 2.70 bits per heavy atom. The third kappa shape index (κ3) is 4.87. The van der Waals surface area contributed by atoms with Crippen molar-refractivity contribution < 1.29 is 4.42 Å². The number of benzene rings is 1. The van der Waals surface area contributed by atoms with Crippen LogP contribution < -0.4 is 10.6 Å². The molecule has 1 aromatic heterocycles. The Bertz CT molecular complexity index is 540. The molecular formula is C15H17ClN2OS. The van der Waals surface area contributed by atoms with Gasteiger partial charge in [0.25, 0.3) is 0 Å². The van der Waals surface area contributed by atoms with Gasteiger partial charge < -0.3 is 15.1 Å². The van der Waals surface area contributed by atoms with Crippen LogP contribution in [0.4, 0.5) is 5.69 Å². The Kier molecular flexibility index (Phi) is 5.44. The summed E-state index contributed by atoms with van der Waals surface area (Å²) in [6, 6.07) is 11.6. The zero-order chi connectivity index (χ0) is 14.4. The van der Waals surface area contributed by atoms with Gasteiger partial charge in [0.15, 0.2) is 5.11 Å². The van der Waals surface area contributed by atoms with Crippen molar-refractivity contribution in [1.82, 2.24) is 5.32 Å². The first kappa shape index (κ1) is 14.9. The second-order valence-corrected chi connectivity index (χ2v) is 5.47. The second kappa shape index (κ2) is 7.31. The molecule has 0 bridgehead atoms. The van der Waals surface area contributed by atoms with E-state index in [1.807, 2.05) is 36.4 Å². The lowest BCUT2D eigenvalue weighted by atomic mass is 10.1. The number of nitrogens with one attached hydrogen (secondary N) is 2. The Morgan fingerprint density at radius 1 is 1.30 bits per heavy atom. The molecule has 1 atom stereocenters. The highest BCUT2D eigenvalue weighted by Gasteiger charge is 2.06. The first-order valence-electron chi connectivity index (χ1n) is 6.49. The standard InChI is InChI=1S/C15H17ClN2OS/c1-11(4-9-14-3-2-10-19-14)17-15(20)18-13-7-5-12(16)6-8-13/h2-3,5-8,10-11H,4,9H2,1H3,(H2,17,18,20)/t11-/m1/s1. The number of rotatable bonds is 5. The second-order valence-electron chi connectivity index (χ2n) is 4.62. The Morgan fingerprint density at radius 2 is 2.05 bits per heavy atom. The molecule has 20 heavy (non-hydrogen) atoms. The van der Waals surface area contributed by atoms with E-state index in [2.05, 4.69) is 17.6 Å². The topological polar surface area (TPSA) is 37.2 Å². The molecule has 0 unspecified atom stereocenters. The summed E-state index contributed by atoms with van der Waals surface area (Å²) in [5, 5.41) is 7.70. The van der Waals surface area contributed by atoms with E-state index in [1.165, 1.54) is 0 Å². The number of hydrogen-bond acceptors (Lipinski definition) is 2. The number of anilines is 1. The van der Waals surface area contributed by atoms with E-state index < -0.39 is 0 Å². The maximum atomic E-state index is 5.84. The average Bonchev–Trinajstić information content (AvgIpc) is 2.92. The molecule has 5 heteroatoms. The van der Waals surface area contributed by atoms with Crippen molar-refractivity contribution in [3.8, 4) is 0 Å². The van der Waals surface area contributed by atoms with Crippen LogP contribution in [0.3, 0.4) is 0 Å². The highest BCUT2D eigenvalue weighted by molar-refractivity contribution is 7.80. The van der Waals surface area contributed by atoms with Crippen LogP contribution in [-0.4, -0.2) is 11.2 Å². The maximum Gasteiger partial charge on any atom is 0.170 e. The van der Waals surface area contributed by atoms with Crippen LogP contribution >= 0.6 is 23.8 Å². The molecule has 106 valence electrons. The van der Waals surface area contributed by atoms with Gasteiger partial charge in [0.05, 0.1) is 6.26 Å². The van der Waals surface area contributed by atoms with Crippen LogP contribution in [0.15, 0.2) is 47.1 Å². The monoisotopic (exact) mass is 308 g/mol. The number of furan rings is 1. The van der Waals surface area contributed by atoms with Gasteiger partial charge in [-0.25, -0.2) is 0 Å². The molecule has 2 rings (SSSR count). The summed E-state index contributed by atoms with van der Waals surface area (Å²) < 4.78 is 5.31. The molecule has 0 radical (unpaired) electrons. The molecule has 1 aromatic carbocycles. The number of thiocarbonyl (C=S) groups is 1. The van der Waals surface area contributed by atoms with Gasteiger partial charge in [0, 0.05) is 23.2 Å². The van der Waals surface area contributed by atoms with E-state index in [0.717, 1.165) is 24.3 Å². The van der Waals surface area contributed by atoms with Crippen LogP contribution in [0.25, 0.3) is 0 Å². The Balaban J connectivity index is 1.74. The van der Waals surface area contributed by atoms with Crippen molar-refractivity contribution in [3.05, 3.63) is 53.4 Å². The summed E-state index contributed by atoms with van der Waals surface area (Å²) in [7, 11) is 0. The average molecular weight is 309 g/mol. The molecule has 2 N–H and O–H groups in total. The van der Waals surface area contributed by atoms with Crippen molar-refractivity contribution in [2.75, 3.05) is 5.32 Å². The molecule has 0 aliphatic rings. The van der Waals surface area contributed by atoms with Crippen molar-refractivity contribution in [3.63, 3.8) is 0 Å². The van der Waals surface area contributed by atoms with Crippen LogP contribution in [0.2, 0.25) is 5.02 Å². The van der Waals surface area contributed by atoms with Crippen molar-refractivity contribution in [2.24, 2.45) is 0 Å². The highest BCUT2D eigenvalue weighted by Crippen LogP contribution is 2.13. The highest BCUT2D eigenvalue weighted by atomic mass is 35.5. The maximum absolute atomic E-state index is 5.84. The van der Waals surface area contributed by atoms with E-state index in [-0.39, 0.29) is 6.04 Å². The van der Waals surface area contributed by atoms with Crippen molar-refractivity contribution >= 4 is 34.6 Å². The molecule has 0 aliphatic heterocycles. The summed E-state index contributed by atoms with van der Waals surface area (Å²) >= 11 is 11.1. The summed E-state index contributed by atoms with van der Waals surface area (Å²) in [6.07, 6.45) is 3.54. The largest absolute Gasteiger partial charge is 0.469 e. The minimum absolute atomic E-state index is 0.271. The zero-order valence-electron chi connectivity index (χ0n) is 11.2. The lowest BCUT2D eigenvalue weighted by Gasteiger charge is -2.16. The molecule has 2 aromatic rings. The van der Waals surface area contributed by atoms with Gasteiger partial charge in [-0.15, -0.1) is 0 Å². The van der Waals surface area contributed by atoms with E-state index >= 15 is 0 Å². The number of halogens is 1. The summed E-state index contributed by atoms with van der Waals surface area (Å²) in [5.74, 6) is 0.996. The SMILES string of the molecule is C[C@H](CCc1ccco1)NC(=S)Nc1ccc(Cl)cc1. The predicted molar refractivity (Wildman–Crippen MR) is 87.3 cm³/mol. The van der Waals surface area contributed by atoms with Crippen LogP contribution in [-0.2, 0) is 6.42 Å². The van der Waals surface area contributed by atoms with Crippen LogP contribution in [0.5, 0.6) is 0 Å². The molecule has 0 amide bonds. The quantitative estimate of drug-likeness (QED) is 0.810. The summed E-state index contributed by atoms with van der Waals surface area (Å²) in [4.78, 5) is 0. The van der Waals surface area contributed by atoms with Gasteiger partial charge in [-0.3, -0.25) is 0 Å². The molecule has 0 aliphatic carbocycles. The van der Waals surface area contributed by atoms with E-state index in [1.54, 1.807) is 6.26 Å².